The average Bonchev–Trinajstić information content (AvgIpc) is 2.67. The highest BCUT2D eigenvalue weighted by atomic mass is 32.5. The summed E-state index contributed by atoms with van der Waals surface area (Å²) < 4.78 is 12.7. The lowest BCUT2D eigenvalue weighted by Crippen LogP contribution is -2.12. The van der Waals surface area contributed by atoms with Crippen LogP contribution in [0.4, 0.5) is 5.13 Å². The van der Waals surface area contributed by atoms with Gasteiger partial charge in [-0.2, -0.15) is 0 Å². The number of nitrogens with one attached hydrogen (secondary N) is 1. The zero-order chi connectivity index (χ0) is 14.8. The first-order valence-electron chi connectivity index (χ1n) is 6.48. The van der Waals surface area contributed by atoms with Crippen LogP contribution in [-0.2, 0) is 20.9 Å². The van der Waals surface area contributed by atoms with Crippen molar-refractivity contribution < 1.29 is 9.05 Å². The van der Waals surface area contributed by atoms with E-state index in [4.69, 9.17) is 20.9 Å². The SMILES string of the molecule is CC(C)OP(=S)(Nc1nc2ccccc2s1)OC(C)C. The van der Waals surface area contributed by atoms with Crippen LogP contribution >= 0.6 is 18.0 Å². The van der Waals surface area contributed by atoms with Crippen molar-refractivity contribution in [2.24, 2.45) is 0 Å². The standard InChI is InChI=1S/C13H19N2O2PS2/c1-9(2)16-18(19,17-10(3)4)15-13-14-11-7-5-6-8-12(11)20-13/h5-10H,1-4H3,(H,14,15,19). The van der Waals surface area contributed by atoms with E-state index < -0.39 is 6.64 Å². The van der Waals surface area contributed by atoms with Gasteiger partial charge < -0.3 is 9.05 Å². The molecule has 1 N–H and O–H groups in total. The normalized spacial score (nSPS) is 12.5. The molecule has 0 radical (unpaired) electrons. The van der Waals surface area contributed by atoms with Crippen molar-refractivity contribution in [1.82, 2.24) is 4.98 Å². The summed E-state index contributed by atoms with van der Waals surface area (Å²) in [5.41, 5.74) is 0.954. The molecule has 0 bridgehead atoms. The molecule has 1 aromatic heterocycles. The predicted molar refractivity (Wildman–Crippen MR) is 90.0 cm³/mol. The van der Waals surface area contributed by atoms with Gasteiger partial charge in [-0.05, 0) is 51.6 Å². The third-order valence-corrected chi connectivity index (χ3v) is 6.00. The van der Waals surface area contributed by atoms with Crippen molar-refractivity contribution >= 4 is 45.1 Å². The van der Waals surface area contributed by atoms with Gasteiger partial charge in [0.1, 0.15) is 0 Å². The summed E-state index contributed by atoms with van der Waals surface area (Å²) in [5.74, 6) is 0. The second-order valence-corrected chi connectivity index (χ2v) is 9.02. The first kappa shape index (κ1) is 15.9. The van der Waals surface area contributed by atoms with Crippen molar-refractivity contribution in [3.05, 3.63) is 24.3 Å². The summed E-state index contributed by atoms with van der Waals surface area (Å²) in [6.45, 7) is 5.22. The zero-order valence-electron chi connectivity index (χ0n) is 12.0. The average molecular weight is 330 g/mol. The van der Waals surface area contributed by atoms with Crippen molar-refractivity contribution in [1.29, 1.82) is 0 Å². The minimum Gasteiger partial charge on any atom is -0.311 e. The Morgan fingerprint density at radius 3 is 2.30 bits per heavy atom. The van der Waals surface area contributed by atoms with Gasteiger partial charge in [-0.25, -0.2) is 4.98 Å². The van der Waals surface area contributed by atoms with Gasteiger partial charge >= 0.3 is 0 Å². The lowest BCUT2D eigenvalue weighted by atomic mass is 10.3. The van der Waals surface area contributed by atoms with Gasteiger partial charge in [0.15, 0.2) is 5.13 Å². The van der Waals surface area contributed by atoms with E-state index in [9.17, 15) is 0 Å². The maximum absolute atomic E-state index is 5.81. The van der Waals surface area contributed by atoms with Crippen LogP contribution in [0.3, 0.4) is 0 Å². The number of rotatable bonds is 6. The van der Waals surface area contributed by atoms with Crippen LogP contribution in [0.1, 0.15) is 27.7 Å². The van der Waals surface area contributed by atoms with E-state index in [1.54, 1.807) is 11.3 Å². The van der Waals surface area contributed by atoms with E-state index >= 15 is 0 Å². The highest BCUT2D eigenvalue weighted by Crippen LogP contribution is 2.51. The van der Waals surface area contributed by atoms with Crippen molar-refractivity contribution in [3.8, 4) is 0 Å². The molecule has 0 unspecified atom stereocenters. The molecule has 1 heterocycles. The quantitative estimate of drug-likeness (QED) is 0.772. The summed E-state index contributed by atoms with van der Waals surface area (Å²) in [4.78, 5) is 4.52. The van der Waals surface area contributed by atoms with Crippen molar-refractivity contribution in [2.45, 2.75) is 39.9 Å². The number of fused-ring (bicyclic) bond motifs is 1. The molecular formula is C13H19N2O2PS2. The number of hydrogen-bond donors (Lipinski definition) is 1. The molecule has 0 amide bonds. The second kappa shape index (κ2) is 6.50. The van der Waals surface area contributed by atoms with Crippen LogP contribution in [0.2, 0.25) is 0 Å². The highest BCUT2D eigenvalue weighted by molar-refractivity contribution is 8.10. The number of para-hydroxylation sites is 1. The second-order valence-electron chi connectivity index (χ2n) is 4.90. The van der Waals surface area contributed by atoms with E-state index in [1.165, 1.54) is 0 Å². The summed E-state index contributed by atoms with van der Waals surface area (Å²) in [6, 6.07) is 7.98. The molecule has 7 heteroatoms. The molecule has 20 heavy (non-hydrogen) atoms. The van der Waals surface area contributed by atoms with Crippen LogP contribution in [0.15, 0.2) is 24.3 Å². The number of hydrogen-bond acceptors (Lipinski definition) is 5. The first-order chi connectivity index (χ1) is 9.38. The van der Waals surface area contributed by atoms with Gasteiger partial charge in [-0.1, -0.05) is 23.5 Å². The third kappa shape index (κ3) is 4.24. The van der Waals surface area contributed by atoms with Gasteiger partial charge in [0, 0.05) is 0 Å². The van der Waals surface area contributed by atoms with Crippen molar-refractivity contribution in [2.75, 3.05) is 5.09 Å². The lowest BCUT2D eigenvalue weighted by molar-refractivity contribution is 0.178. The van der Waals surface area contributed by atoms with Gasteiger partial charge in [0.25, 0.3) is 6.64 Å². The number of aromatic nitrogens is 1. The number of thiazole rings is 1. The molecule has 0 spiro atoms. The Hall–Kier alpha value is -0.520. The largest absolute Gasteiger partial charge is 0.311 e. The molecule has 4 nitrogen and oxygen atoms in total. The topological polar surface area (TPSA) is 43.4 Å². The maximum atomic E-state index is 5.81. The lowest BCUT2D eigenvalue weighted by Gasteiger charge is -2.26. The van der Waals surface area contributed by atoms with Crippen molar-refractivity contribution in [3.63, 3.8) is 0 Å². The summed E-state index contributed by atoms with van der Waals surface area (Å²) in [7, 11) is 0. The molecule has 0 atom stereocenters. The molecule has 0 aliphatic carbocycles. The molecule has 110 valence electrons. The fraction of sp³-hybridized carbons (Fsp3) is 0.462. The van der Waals surface area contributed by atoms with E-state index in [2.05, 4.69) is 10.1 Å². The van der Waals surface area contributed by atoms with Crippen LogP contribution in [-0.4, -0.2) is 17.2 Å². The van der Waals surface area contributed by atoms with Gasteiger partial charge in [-0.15, -0.1) is 0 Å². The Morgan fingerprint density at radius 2 is 1.75 bits per heavy atom. The van der Waals surface area contributed by atoms with Crippen LogP contribution in [0.5, 0.6) is 0 Å². The molecule has 0 saturated carbocycles. The van der Waals surface area contributed by atoms with E-state index in [1.807, 2.05) is 52.0 Å². The Kier molecular flexibility index (Phi) is 5.15. The molecular weight excluding hydrogens is 311 g/mol. The molecule has 2 rings (SSSR count). The van der Waals surface area contributed by atoms with Gasteiger partial charge in [0.2, 0.25) is 0 Å². The Balaban J connectivity index is 2.24. The number of nitrogens with zero attached hydrogens (tertiary/aromatic N) is 1. The summed E-state index contributed by atoms with van der Waals surface area (Å²) in [5, 5.41) is 3.94. The monoisotopic (exact) mass is 330 g/mol. The molecule has 2 aromatic rings. The van der Waals surface area contributed by atoms with Crippen LogP contribution < -0.4 is 5.09 Å². The fourth-order valence-electron chi connectivity index (χ4n) is 1.67. The molecule has 0 aliphatic rings. The predicted octanol–water partition coefficient (Wildman–Crippen LogP) is 4.78. The highest BCUT2D eigenvalue weighted by Gasteiger charge is 2.24. The number of anilines is 1. The summed E-state index contributed by atoms with van der Waals surface area (Å²) in [6.07, 6.45) is 0.00271. The van der Waals surface area contributed by atoms with Gasteiger partial charge in [0.05, 0.1) is 22.4 Å². The fourth-order valence-corrected chi connectivity index (χ4v) is 5.95. The Morgan fingerprint density at radius 1 is 1.15 bits per heavy atom. The molecule has 1 aromatic carbocycles. The molecule has 0 aliphatic heterocycles. The van der Waals surface area contributed by atoms with Crippen LogP contribution in [0, 0.1) is 0 Å². The Labute approximate surface area is 128 Å². The van der Waals surface area contributed by atoms with Gasteiger partial charge in [-0.3, -0.25) is 5.09 Å². The minimum atomic E-state index is -2.58. The Bertz CT molecular complexity index is 581. The smallest absolute Gasteiger partial charge is 0.289 e. The third-order valence-electron chi connectivity index (χ3n) is 2.23. The maximum Gasteiger partial charge on any atom is 0.289 e. The molecule has 0 saturated heterocycles. The van der Waals surface area contributed by atoms with E-state index in [0.717, 1.165) is 15.3 Å². The minimum absolute atomic E-state index is 0.00135. The molecule has 0 fully saturated rings. The first-order valence-corrected chi connectivity index (χ1v) is 9.94. The number of benzene rings is 1. The summed E-state index contributed by atoms with van der Waals surface area (Å²) >= 11 is 7.12. The van der Waals surface area contributed by atoms with Crippen LogP contribution in [0.25, 0.3) is 10.2 Å². The van der Waals surface area contributed by atoms with E-state index in [-0.39, 0.29) is 12.2 Å². The zero-order valence-corrected chi connectivity index (χ0v) is 14.5. The van der Waals surface area contributed by atoms with E-state index in [0.29, 0.717) is 0 Å².